The number of carbonyl (C=O) groups excluding carboxylic acids is 2. The summed E-state index contributed by atoms with van der Waals surface area (Å²) in [6, 6.07) is 15.9. The van der Waals surface area contributed by atoms with E-state index < -0.39 is 41.5 Å². The summed E-state index contributed by atoms with van der Waals surface area (Å²) in [6.45, 7) is 3.55. The average molecular weight is 585 g/mol. The zero-order chi connectivity index (χ0) is 30.1. The van der Waals surface area contributed by atoms with E-state index in [0.29, 0.717) is 12.8 Å². The van der Waals surface area contributed by atoms with Crippen molar-refractivity contribution in [3.63, 3.8) is 0 Å². The minimum Gasteiger partial charge on any atom is -0.393 e. The zero-order valence-corrected chi connectivity index (χ0v) is 24.7. The Morgan fingerprint density at radius 1 is 1.00 bits per heavy atom. The third-order valence-electron chi connectivity index (χ3n) is 11.7. The smallest absolute Gasteiger partial charge is 0.193 e. The number of Topliss-reactive ketones (excluding diaryl/α,β-unsaturated/α-hetero) is 1. The number of carbonyl (C=O) groups is 2. The topological polar surface area (TPSA) is 113 Å². The van der Waals surface area contributed by atoms with Crippen molar-refractivity contribution < 1.29 is 34.4 Å². The van der Waals surface area contributed by atoms with Crippen LogP contribution in [0.4, 0.5) is 0 Å². The third kappa shape index (κ3) is 4.20. The van der Waals surface area contributed by atoms with Gasteiger partial charge in [0, 0.05) is 22.3 Å². The number of hydrogen-bond donors (Lipinski definition) is 3. The molecule has 5 aliphatic rings. The summed E-state index contributed by atoms with van der Waals surface area (Å²) in [5.41, 5.74) is 2.55. The molecule has 3 saturated carbocycles. The van der Waals surface area contributed by atoms with E-state index >= 15 is 0 Å². The van der Waals surface area contributed by atoms with Crippen molar-refractivity contribution in [2.45, 2.75) is 76.7 Å². The monoisotopic (exact) mass is 584 g/mol. The summed E-state index contributed by atoms with van der Waals surface area (Å²) in [7, 11) is 0. The third-order valence-corrected chi connectivity index (χ3v) is 11.7. The molecule has 7 heteroatoms. The maximum Gasteiger partial charge on any atom is 0.193 e. The lowest BCUT2D eigenvalue weighted by molar-refractivity contribution is -0.201. The first-order valence-corrected chi connectivity index (χ1v) is 15.5. The number of ketones is 2. The van der Waals surface area contributed by atoms with E-state index in [0.717, 1.165) is 47.1 Å². The molecular weight excluding hydrogens is 544 g/mol. The van der Waals surface area contributed by atoms with Crippen LogP contribution in [0.2, 0.25) is 0 Å². The summed E-state index contributed by atoms with van der Waals surface area (Å²) in [5, 5.41) is 31.3. The molecule has 0 bridgehead atoms. The first kappa shape index (κ1) is 28.8. The van der Waals surface area contributed by atoms with Gasteiger partial charge in [0.05, 0.1) is 18.8 Å². The summed E-state index contributed by atoms with van der Waals surface area (Å²) in [4.78, 5) is 25.9. The molecule has 2 aromatic carbocycles. The van der Waals surface area contributed by atoms with Crippen LogP contribution in [-0.4, -0.2) is 51.3 Å². The molecule has 7 rings (SSSR count). The number of ether oxygens (including phenoxy) is 2. The van der Waals surface area contributed by atoms with Gasteiger partial charge < -0.3 is 24.8 Å². The number of benzene rings is 2. The molecule has 1 unspecified atom stereocenters. The summed E-state index contributed by atoms with van der Waals surface area (Å²) in [5.74, 6) is -0.269. The Balaban J connectivity index is 1.16. The minimum atomic E-state index is -1.36. The number of aliphatic hydroxyl groups excluding tert-OH is 3. The van der Waals surface area contributed by atoms with Crippen LogP contribution < -0.4 is 0 Å². The number of rotatable bonds is 6. The molecule has 7 nitrogen and oxygen atoms in total. The van der Waals surface area contributed by atoms with Crippen LogP contribution in [0.3, 0.4) is 0 Å². The van der Waals surface area contributed by atoms with E-state index in [4.69, 9.17) is 9.47 Å². The van der Waals surface area contributed by atoms with Gasteiger partial charge in [0.1, 0.15) is 6.61 Å². The molecular formula is C36H40O7. The highest BCUT2D eigenvalue weighted by molar-refractivity contribution is 6.01. The number of hydrogen-bond acceptors (Lipinski definition) is 7. The van der Waals surface area contributed by atoms with Crippen LogP contribution in [0, 0.1) is 28.6 Å². The average Bonchev–Trinajstić information content (AvgIpc) is 3.50. The first-order chi connectivity index (χ1) is 20.6. The molecule has 1 heterocycles. The van der Waals surface area contributed by atoms with Gasteiger partial charge in [-0.1, -0.05) is 74.0 Å². The highest BCUT2D eigenvalue weighted by atomic mass is 16.7. The van der Waals surface area contributed by atoms with Gasteiger partial charge in [0.15, 0.2) is 23.5 Å². The first-order valence-electron chi connectivity index (χ1n) is 15.5. The van der Waals surface area contributed by atoms with Crippen molar-refractivity contribution in [2.75, 3.05) is 6.61 Å². The predicted octanol–water partition coefficient (Wildman–Crippen LogP) is 4.37. The van der Waals surface area contributed by atoms with E-state index in [1.807, 2.05) is 54.6 Å². The second-order valence-electron chi connectivity index (χ2n) is 13.7. The fourth-order valence-corrected chi connectivity index (χ4v) is 9.63. The van der Waals surface area contributed by atoms with E-state index in [1.54, 1.807) is 12.2 Å². The van der Waals surface area contributed by atoms with Crippen molar-refractivity contribution in [2.24, 2.45) is 28.6 Å². The molecule has 1 aliphatic heterocycles. The molecule has 0 spiro atoms. The van der Waals surface area contributed by atoms with Crippen LogP contribution in [0.5, 0.6) is 0 Å². The Morgan fingerprint density at radius 3 is 2.35 bits per heavy atom. The Labute approximate surface area is 252 Å². The van der Waals surface area contributed by atoms with Gasteiger partial charge in [0.25, 0.3) is 0 Å². The van der Waals surface area contributed by atoms with E-state index in [-0.39, 0.29) is 35.9 Å². The molecule has 4 fully saturated rings. The highest BCUT2D eigenvalue weighted by Crippen LogP contribution is 2.70. The largest absolute Gasteiger partial charge is 0.393 e. The van der Waals surface area contributed by atoms with Crippen molar-refractivity contribution in [1.29, 1.82) is 0 Å². The number of allylic oxidation sites excluding steroid dienone is 4. The molecule has 0 radical (unpaired) electrons. The molecule has 9 atom stereocenters. The quantitative estimate of drug-likeness (QED) is 0.462. The van der Waals surface area contributed by atoms with Crippen LogP contribution in [0.25, 0.3) is 0 Å². The van der Waals surface area contributed by atoms with Gasteiger partial charge in [-0.05, 0) is 72.8 Å². The molecule has 4 aliphatic carbocycles. The Hall–Kier alpha value is -2.94. The van der Waals surface area contributed by atoms with E-state index in [9.17, 15) is 24.9 Å². The maximum atomic E-state index is 13.7. The van der Waals surface area contributed by atoms with Crippen LogP contribution in [0.1, 0.15) is 68.1 Å². The fourth-order valence-electron chi connectivity index (χ4n) is 9.63. The van der Waals surface area contributed by atoms with Crippen molar-refractivity contribution >= 4 is 11.6 Å². The van der Waals surface area contributed by atoms with Gasteiger partial charge in [-0.15, -0.1) is 0 Å². The minimum absolute atomic E-state index is 0.00142. The highest BCUT2D eigenvalue weighted by Gasteiger charge is 2.75. The Morgan fingerprint density at radius 2 is 1.67 bits per heavy atom. The molecule has 0 aromatic heterocycles. The lowest BCUT2D eigenvalue weighted by atomic mass is 9.46. The number of fused-ring (bicyclic) bond motifs is 7. The molecule has 1 saturated heterocycles. The molecule has 0 amide bonds. The summed E-state index contributed by atoms with van der Waals surface area (Å²) in [6.07, 6.45) is 6.69. The van der Waals surface area contributed by atoms with E-state index in [2.05, 4.69) is 13.8 Å². The molecule has 226 valence electrons. The van der Waals surface area contributed by atoms with Crippen LogP contribution in [-0.2, 0) is 32.1 Å². The predicted molar refractivity (Wildman–Crippen MR) is 159 cm³/mol. The maximum absolute atomic E-state index is 13.7. The van der Waals surface area contributed by atoms with Gasteiger partial charge in [-0.25, -0.2) is 0 Å². The Bertz CT molecular complexity index is 1490. The Kier molecular flexibility index (Phi) is 6.91. The van der Waals surface area contributed by atoms with Crippen molar-refractivity contribution in [3.8, 4) is 0 Å². The molecule has 2 aromatic rings. The second kappa shape index (κ2) is 10.3. The summed E-state index contributed by atoms with van der Waals surface area (Å²) >= 11 is 0. The molecule has 43 heavy (non-hydrogen) atoms. The van der Waals surface area contributed by atoms with Crippen LogP contribution in [0.15, 0.2) is 72.3 Å². The summed E-state index contributed by atoms with van der Waals surface area (Å²) < 4.78 is 13.3. The zero-order valence-electron chi connectivity index (χ0n) is 24.7. The SMILES string of the molecule is CC12C=CC(=O)C=C1CC[C@@H]1[C@@H]2[C@@H](O)C[C@@]2(C)[C@H]1C[C@H]1O[C@@H](c3ccc(Cc4ccc(CO)cc4)cc3)O[C@]12C(=O)CO. The van der Waals surface area contributed by atoms with Gasteiger partial charge in [0.2, 0.25) is 0 Å². The van der Waals surface area contributed by atoms with Crippen molar-refractivity contribution in [3.05, 3.63) is 94.6 Å². The van der Waals surface area contributed by atoms with Crippen LogP contribution >= 0.6 is 0 Å². The second-order valence-corrected chi connectivity index (χ2v) is 13.7. The van der Waals surface area contributed by atoms with Crippen molar-refractivity contribution in [1.82, 2.24) is 0 Å². The molecule has 3 N–H and O–H groups in total. The normalized spacial score (nSPS) is 39.5. The standard InChI is InChI=1S/C36H40O7/c1-34-14-13-26(39)16-25(34)11-12-27-28-17-31-36(30(41)20-38,35(28,2)18-29(40)32(27)34)43-33(42-31)24-9-7-22(8-10-24)15-21-3-5-23(19-37)6-4-21/h3-10,13-14,16,27-29,31-33,37-38,40H,11-12,15,17-20H2,1-2H3/t27-,28-,29-,31+,32+,33+,34?,35-,36+/m0/s1. The number of aliphatic hydroxyl groups is 3. The fraction of sp³-hybridized carbons (Fsp3) is 0.500. The van der Waals surface area contributed by atoms with Gasteiger partial charge in [-0.3, -0.25) is 9.59 Å². The van der Waals surface area contributed by atoms with Gasteiger partial charge >= 0.3 is 0 Å². The van der Waals surface area contributed by atoms with Gasteiger partial charge in [-0.2, -0.15) is 0 Å². The lowest BCUT2D eigenvalue weighted by Gasteiger charge is -2.59. The lowest BCUT2D eigenvalue weighted by Crippen LogP contribution is -2.63. The van der Waals surface area contributed by atoms with E-state index in [1.165, 1.54) is 0 Å².